The molecular weight excluding hydrogens is 364 g/mol. The monoisotopic (exact) mass is 406 g/mol. The number of aliphatic hydroxyl groups excluding tert-OH is 2. The predicted octanol–water partition coefficient (Wildman–Crippen LogP) is 4.57. The first-order chi connectivity index (χ1) is 13.7. The summed E-state index contributed by atoms with van der Waals surface area (Å²) >= 11 is 0. The second kappa shape index (κ2) is 7.82. The molecule has 0 aliphatic heterocycles. The number of hydrogen-bond acceptors (Lipinski definition) is 4. The Morgan fingerprint density at radius 3 is 2.55 bits per heavy atom. The minimum Gasteiger partial charge on any atom is -0.469 e. The van der Waals surface area contributed by atoms with Gasteiger partial charge >= 0.3 is 5.97 Å². The van der Waals surface area contributed by atoms with Crippen LogP contribution in [-0.2, 0) is 9.53 Å². The maximum Gasteiger partial charge on any atom is 0.305 e. The lowest BCUT2D eigenvalue weighted by atomic mass is 9.43. The number of carbonyl (C=O) groups is 1. The fourth-order valence-electron chi connectivity index (χ4n) is 8.81. The predicted molar refractivity (Wildman–Crippen MR) is 113 cm³/mol. The zero-order valence-electron chi connectivity index (χ0n) is 18.9. The van der Waals surface area contributed by atoms with E-state index in [0.717, 1.165) is 38.0 Å². The van der Waals surface area contributed by atoms with E-state index >= 15 is 0 Å². The molecule has 4 nitrogen and oxygen atoms in total. The maximum atomic E-state index is 11.6. The molecule has 0 aromatic heterocycles. The molecule has 10 atom stereocenters. The number of fused-ring (bicyclic) bond motifs is 5. The molecule has 4 aliphatic carbocycles. The van der Waals surface area contributed by atoms with E-state index in [1.54, 1.807) is 0 Å². The van der Waals surface area contributed by atoms with Gasteiger partial charge in [0.1, 0.15) is 0 Å². The summed E-state index contributed by atoms with van der Waals surface area (Å²) < 4.78 is 4.85. The van der Waals surface area contributed by atoms with Gasteiger partial charge in [0.2, 0.25) is 0 Å². The highest BCUT2D eigenvalue weighted by Gasteiger charge is 2.63. The van der Waals surface area contributed by atoms with Crippen molar-refractivity contribution in [2.45, 2.75) is 97.2 Å². The molecule has 4 aliphatic rings. The van der Waals surface area contributed by atoms with Crippen LogP contribution in [-0.4, -0.2) is 35.5 Å². The lowest BCUT2D eigenvalue weighted by Crippen LogP contribution is -2.58. The lowest BCUT2D eigenvalue weighted by molar-refractivity contribution is -0.175. The molecule has 0 aromatic rings. The van der Waals surface area contributed by atoms with E-state index in [0.29, 0.717) is 41.4 Å². The first kappa shape index (κ1) is 21.6. The SMILES string of the molecule is COC(=O)CC[C@@H](C)[C@H]1CC[C@H]2[C@@H]3CCC4CC(O)CC[C@]4(C)[C@H]3CC(O)[C@]12C. The standard InChI is InChI=1S/C25H42O4/c1-15(5-10-23(28)29-4)19-8-9-20-18-7-6-16-13-17(26)11-12-24(16,2)21(18)14-22(27)25(19,20)3/h15-22,26-27H,5-14H2,1-4H3/t15-,16?,17?,18+,19-,20+,21+,22?,24+,25-/m1/s1. The zero-order valence-corrected chi connectivity index (χ0v) is 18.9. The van der Waals surface area contributed by atoms with Gasteiger partial charge in [-0.3, -0.25) is 4.79 Å². The molecule has 0 radical (unpaired) electrons. The summed E-state index contributed by atoms with van der Waals surface area (Å²) in [5.74, 6) is 3.36. The molecule has 29 heavy (non-hydrogen) atoms. The van der Waals surface area contributed by atoms with Crippen LogP contribution < -0.4 is 0 Å². The lowest BCUT2D eigenvalue weighted by Gasteiger charge is -2.62. The first-order valence-electron chi connectivity index (χ1n) is 12.1. The van der Waals surface area contributed by atoms with E-state index in [1.807, 2.05) is 0 Å². The number of esters is 1. The van der Waals surface area contributed by atoms with Gasteiger partial charge in [-0.2, -0.15) is 0 Å². The summed E-state index contributed by atoms with van der Waals surface area (Å²) in [6.07, 6.45) is 9.86. The van der Waals surface area contributed by atoms with Crippen molar-refractivity contribution >= 4 is 5.97 Å². The van der Waals surface area contributed by atoms with Crippen LogP contribution in [0.4, 0.5) is 0 Å². The Kier molecular flexibility index (Phi) is 5.83. The van der Waals surface area contributed by atoms with Crippen LogP contribution >= 0.6 is 0 Å². The Morgan fingerprint density at radius 2 is 1.83 bits per heavy atom. The average molecular weight is 407 g/mol. The van der Waals surface area contributed by atoms with Crippen molar-refractivity contribution in [1.82, 2.24) is 0 Å². The Bertz CT molecular complexity index is 620. The van der Waals surface area contributed by atoms with Crippen molar-refractivity contribution < 1.29 is 19.7 Å². The number of methoxy groups -OCH3 is 1. The van der Waals surface area contributed by atoms with Gasteiger partial charge in [0.15, 0.2) is 0 Å². The van der Waals surface area contributed by atoms with Crippen LogP contribution in [0, 0.1) is 46.3 Å². The fourth-order valence-corrected chi connectivity index (χ4v) is 8.81. The molecular formula is C25H42O4. The van der Waals surface area contributed by atoms with Crippen molar-refractivity contribution in [3.05, 3.63) is 0 Å². The number of carbonyl (C=O) groups excluding carboxylic acids is 1. The van der Waals surface area contributed by atoms with E-state index in [-0.39, 0.29) is 23.6 Å². The second-order valence-electron chi connectivity index (χ2n) is 11.5. The van der Waals surface area contributed by atoms with Gasteiger partial charge in [-0.05, 0) is 104 Å². The van der Waals surface area contributed by atoms with Crippen LogP contribution in [0.2, 0.25) is 0 Å². The normalized spacial score (nSPS) is 50.2. The first-order valence-corrected chi connectivity index (χ1v) is 12.1. The van der Waals surface area contributed by atoms with E-state index in [1.165, 1.54) is 32.8 Å². The van der Waals surface area contributed by atoms with Crippen molar-refractivity contribution in [3.63, 3.8) is 0 Å². The topological polar surface area (TPSA) is 66.8 Å². The minimum atomic E-state index is -0.246. The molecule has 0 amide bonds. The molecule has 3 unspecified atom stereocenters. The highest BCUT2D eigenvalue weighted by atomic mass is 16.5. The average Bonchev–Trinajstić information content (AvgIpc) is 3.06. The highest BCUT2D eigenvalue weighted by molar-refractivity contribution is 5.69. The van der Waals surface area contributed by atoms with Crippen LogP contribution in [0.5, 0.6) is 0 Å². The second-order valence-corrected chi connectivity index (χ2v) is 11.5. The summed E-state index contributed by atoms with van der Waals surface area (Å²) in [5.41, 5.74) is 0.271. The maximum absolute atomic E-state index is 11.6. The molecule has 4 fully saturated rings. The summed E-state index contributed by atoms with van der Waals surface area (Å²) in [7, 11) is 1.46. The van der Waals surface area contributed by atoms with Crippen molar-refractivity contribution in [3.8, 4) is 0 Å². The molecule has 166 valence electrons. The summed E-state index contributed by atoms with van der Waals surface area (Å²) in [6, 6.07) is 0. The molecule has 4 heteroatoms. The van der Waals surface area contributed by atoms with E-state index in [9.17, 15) is 15.0 Å². The zero-order chi connectivity index (χ0) is 21.0. The van der Waals surface area contributed by atoms with Crippen LogP contribution in [0.1, 0.15) is 85.0 Å². The van der Waals surface area contributed by atoms with E-state index in [4.69, 9.17) is 4.74 Å². The number of hydrogen-bond donors (Lipinski definition) is 2. The van der Waals surface area contributed by atoms with E-state index in [2.05, 4.69) is 20.8 Å². The Morgan fingerprint density at radius 1 is 1.07 bits per heavy atom. The third-order valence-corrected chi connectivity index (χ3v) is 10.5. The molecule has 4 saturated carbocycles. The van der Waals surface area contributed by atoms with Crippen LogP contribution in [0.15, 0.2) is 0 Å². The molecule has 0 aromatic carbocycles. The molecule has 2 N–H and O–H groups in total. The number of ether oxygens (including phenoxy) is 1. The summed E-state index contributed by atoms with van der Waals surface area (Å²) in [5, 5.41) is 21.8. The number of rotatable bonds is 4. The highest BCUT2D eigenvalue weighted by Crippen LogP contribution is 2.68. The molecule has 0 heterocycles. The third kappa shape index (κ3) is 3.37. The smallest absolute Gasteiger partial charge is 0.305 e. The van der Waals surface area contributed by atoms with Gasteiger partial charge in [-0.15, -0.1) is 0 Å². The third-order valence-electron chi connectivity index (χ3n) is 10.5. The fraction of sp³-hybridized carbons (Fsp3) is 0.960. The van der Waals surface area contributed by atoms with E-state index < -0.39 is 0 Å². The Labute approximate surface area is 176 Å². The molecule has 0 bridgehead atoms. The van der Waals surface area contributed by atoms with Gasteiger partial charge in [-0.25, -0.2) is 0 Å². The largest absolute Gasteiger partial charge is 0.469 e. The van der Waals surface area contributed by atoms with Crippen LogP contribution in [0.3, 0.4) is 0 Å². The van der Waals surface area contributed by atoms with Crippen molar-refractivity contribution in [2.75, 3.05) is 7.11 Å². The summed E-state index contributed by atoms with van der Waals surface area (Å²) in [6.45, 7) is 7.12. The molecule has 4 rings (SSSR count). The number of aliphatic hydroxyl groups is 2. The Balaban J connectivity index is 1.53. The van der Waals surface area contributed by atoms with Crippen LogP contribution in [0.25, 0.3) is 0 Å². The van der Waals surface area contributed by atoms with Gasteiger partial charge in [0.25, 0.3) is 0 Å². The Hall–Kier alpha value is -0.610. The van der Waals surface area contributed by atoms with Crippen molar-refractivity contribution in [2.24, 2.45) is 46.3 Å². The van der Waals surface area contributed by atoms with Gasteiger partial charge in [0, 0.05) is 6.42 Å². The van der Waals surface area contributed by atoms with Gasteiger partial charge in [-0.1, -0.05) is 20.8 Å². The quantitative estimate of drug-likeness (QED) is 0.671. The van der Waals surface area contributed by atoms with Crippen molar-refractivity contribution in [1.29, 1.82) is 0 Å². The van der Waals surface area contributed by atoms with Gasteiger partial charge < -0.3 is 14.9 Å². The van der Waals surface area contributed by atoms with Gasteiger partial charge in [0.05, 0.1) is 19.3 Å². The molecule has 0 spiro atoms. The molecule has 0 saturated heterocycles. The minimum absolute atomic E-state index is 0.0198. The summed E-state index contributed by atoms with van der Waals surface area (Å²) in [4.78, 5) is 11.6.